The zero-order chi connectivity index (χ0) is 11.2. The molecule has 0 bridgehead atoms. The molecule has 2 heterocycles. The number of hydrogen-bond acceptors (Lipinski definition) is 4. The van der Waals surface area contributed by atoms with E-state index in [1.807, 2.05) is 0 Å². The molecule has 88 valence electrons. The lowest BCUT2D eigenvalue weighted by atomic mass is 10.0. The molecule has 0 aromatic carbocycles. The summed E-state index contributed by atoms with van der Waals surface area (Å²) < 4.78 is 5.51. The number of hydrogen-bond donors (Lipinski definition) is 1. The van der Waals surface area contributed by atoms with E-state index in [1.54, 1.807) is 12.3 Å². The number of piperidine rings is 1. The summed E-state index contributed by atoms with van der Waals surface area (Å²) in [6.07, 6.45) is 6.47. The summed E-state index contributed by atoms with van der Waals surface area (Å²) in [6, 6.07) is 2.31. The fourth-order valence-corrected chi connectivity index (χ4v) is 2.02. The Hall–Kier alpha value is -0.870. The Labute approximate surface area is 100 Å². The van der Waals surface area contributed by atoms with Gasteiger partial charge in [-0.3, -0.25) is 0 Å². The Morgan fingerprint density at radius 1 is 1.50 bits per heavy atom. The summed E-state index contributed by atoms with van der Waals surface area (Å²) in [5.74, 6) is 0.552. The second kappa shape index (κ2) is 6.01. The first-order chi connectivity index (χ1) is 7.84. The van der Waals surface area contributed by atoms with Crippen LogP contribution in [0.2, 0.25) is 5.28 Å². The number of nitrogens with one attached hydrogen (secondary N) is 1. The van der Waals surface area contributed by atoms with Gasteiger partial charge in [-0.2, -0.15) is 4.98 Å². The monoisotopic (exact) mass is 241 g/mol. The molecule has 1 aromatic rings. The van der Waals surface area contributed by atoms with Crippen molar-refractivity contribution in [1.82, 2.24) is 15.3 Å². The van der Waals surface area contributed by atoms with E-state index in [2.05, 4.69) is 15.3 Å². The van der Waals surface area contributed by atoms with Crippen molar-refractivity contribution in [2.75, 3.05) is 13.2 Å². The first kappa shape index (κ1) is 11.6. The maximum absolute atomic E-state index is 5.66. The minimum atomic E-state index is 0.230. The highest BCUT2D eigenvalue weighted by atomic mass is 35.5. The third-order valence-electron chi connectivity index (χ3n) is 2.73. The number of rotatable bonds is 4. The van der Waals surface area contributed by atoms with E-state index in [1.165, 1.54) is 19.3 Å². The Morgan fingerprint density at radius 2 is 2.44 bits per heavy atom. The maximum atomic E-state index is 5.66. The summed E-state index contributed by atoms with van der Waals surface area (Å²) in [7, 11) is 0. The minimum absolute atomic E-state index is 0.230. The summed E-state index contributed by atoms with van der Waals surface area (Å²) >= 11 is 5.66. The molecule has 1 saturated heterocycles. The van der Waals surface area contributed by atoms with Crippen LogP contribution in [0.5, 0.6) is 5.88 Å². The van der Waals surface area contributed by atoms with Gasteiger partial charge < -0.3 is 10.1 Å². The van der Waals surface area contributed by atoms with E-state index >= 15 is 0 Å². The van der Waals surface area contributed by atoms with Crippen molar-refractivity contribution < 1.29 is 4.74 Å². The largest absolute Gasteiger partial charge is 0.477 e. The van der Waals surface area contributed by atoms with E-state index in [4.69, 9.17) is 16.3 Å². The summed E-state index contributed by atoms with van der Waals surface area (Å²) in [5.41, 5.74) is 0. The quantitative estimate of drug-likeness (QED) is 0.820. The van der Waals surface area contributed by atoms with Crippen LogP contribution >= 0.6 is 11.6 Å². The van der Waals surface area contributed by atoms with Gasteiger partial charge in [0.1, 0.15) is 0 Å². The molecule has 0 saturated carbocycles. The van der Waals surface area contributed by atoms with Crippen LogP contribution in [0.25, 0.3) is 0 Å². The number of halogens is 1. The minimum Gasteiger partial charge on any atom is -0.477 e. The number of aromatic nitrogens is 2. The van der Waals surface area contributed by atoms with Gasteiger partial charge in [0.05, 0.1) is 6.61 Å². The van der Waals surface area contributed by atoms with Gasteiger partial charge in [-0.25, -0.2) is 4.98 Å². The smallest absolute Gasteiger partial charge is 0.225 e. The third kappa shape index (κ3) is 3.61. The van der Waals surface area contributed by atoms with Crippen molar-refractivity contribution >= 4 is 11.6 Å². The molecule has 1 atom stereocenters. The Balaban J connectivity index is 1.71. The third-order valence-corrected chi connectivity index (χ3v) is 2.91. The maximum Gasteiger partial charge on any atom is 0.225 e. The number of nitrogens with zero attached hydrogens (tertiary/aromatic N) is 2. The van der Waals surface area contributed by atoms with Gasteiger partial charge >= 0.3 is 0 Å². The molecule has 1 aliphatic heterocycles. The number of ether oxygens (including phenoxy) is 1. The molecular weight excluding hydrogens is 226 g/mol. The van der Waals surface area contributed by atoms with Crippen LogP contribution in [0.4, 0.5) is 0 Å². The molecule has 2 rings (SSSR count). The molecule has 1 aromatic heterocycles. The first-order valence-corrected chi connectivity index (χ1v) is 6.07. The molecule has 4 nitrogen and oxygen atoms in total. The second-order valence-electron chi connectivity index (χ2n) is 3.95. The van der Waals surface area contributed by atoms with Crippen molar-refractivity contribution in [3.8, 4) is 5.88 Å². The van der Waals surface area contributed by atoms with Crippen LogP contribution in [0.3, 0.4) is 0 Å². The zero-order valence-corrected chi connectivity index (χ0v) is 9.91. The van der Waals surface area contributed by atoms with Gasteiger partial charge in [-0.1, -0.05) is 6.42 Å². The average molecular weight is 242 g/mol. The van der Waals surface area contributed by atoms with Crippen LogP contribution in [-0.4, -0.2) is 29.2 Å². The van der Waals surface area contributed by atoms with Crippen molar-refractivity contribution in [3.05, 3.63) is 17.5 Å². The van der Waals surface area contributed by atoms with Crippen LogP contribution in [0.1, 0.15) is 25.7 Å². The van der Waals surface area contributed by atoms with E-state index in [9.17, 15) is 0 Å². The Morgan fingerprint density at radius 3 is 3.19 bits per heavy atom. The Kier molecular flexibility index (Phi) is 4.36. The summed E-state index contributed by atoms with van der Waals surface area (Å²) in [5, 5.41) is 3.71. The van der Waals surface area contributed by atoms with E-state index in [0.717, 1.165) is 13.0 Å². The molecule has 16 heavy (non-hydrogen) atoms. The van der Waals surface area contributed by atoms with Crippen molar-refractivity contribution in [2.24, 2.45) is 0 Å². The predicted molar refractivity (Wildman–Crippen MR) is 62.8 cm³/mol. The van der Waals surface area contributed by atoms with Gasteiger partial charge in [-0.15, -0.1) is 0 Å². The predicted octanol–water partition coefficient (Wildman–Crippen LogP) is 2.04. The van der Waals surface area contributed by atoms with Crippen LogP contribution in [-0.2, 0) is 0 Å². The highest BCUT2D eigenvalue weighted by Gasteiger charge is 2.12. The van der Waals surface area contributed by atoms with Crippen molar-refractivity contribution in [3.63, 3.8) is 0 Å². The molecule has 1 fully saturated rings. The zero-order valence-electron chi connectivity index (χ0n) is 9.16. The van der Waals surface area contributed by atoms with E-state index in [-0.39, 0.29) is 5.28 Å². The van der Waals surface area contributed by atoms with Gasteiger partial charge in [0.25, 0.3) is 0 Å². The summed E-state index contributed by atoms with van der Waals surface area (Å²) in [4.78, 5) is 7.77. The normalized spacial score (nSPS) is 20.7. The molecule has 5 heteroatoms. The fraction of sp³-hybridized carbons (Fsp3) is 0.636. The Bertz CT molecular complexity index is 329. The molecule has 0 amide bonds. The SMILES string of the molecule is Clc1nccc(OCCC2CCCCN2)n1. The van der Waals surface area contributed by atoms with Gasteiger partial charge in [0, 0.05) is 18.3 Å². The lowest BCUT2D eigenvalue weighted by molar-refractivity contribution is 0.260. The molecule has 0 aliphatic carbocycles. The molecule has 1 N–H and O–H groups in total. The van der Waals surface area contributed by atoms with Gasteiger partial charge in [0.15, 0.2) is 0 Å². The van der Waals surface area contributed by atoms with Crippen molar-refractivity contribution in [2.45, 2.75) is 31.7 Å². The fourth-order valence-electron chi connectivity index (χ4n) is 1.88. The average Bonchev–Trinajstić information content (AvgIpc) is 2.30. The highest BCUT2D eigenvalue weighted by molar-refractivity contribution is 6.28. The van der Waals surface area contributed by atoms with Gasteiger partial charge in [-0.05, 0) is 37.4 Å². The second-order valence-corrected chi connectivity index (χ2v) is 4.29. The van der Waals surface area contributed by atoms with E-state index < -0.39 is 0 Å². The van der Waals surface area contributed by atoms with Crippen LogP contribution in [0, 0.1) is 0 Å². The van der Waals surface area contributed by atoms with Crippen LogP contribution < -0.4 is 10.1 Å². The molecule has 0 radical (unpaired) electrons. The summed E-state index contributed by atoms with van der Waals surface area (Å²) in [6.45, 7) is 1.80. The molecule has 0 spiro atoms. The highest BCUT2D eigenvalue weighted by Crippen LogP contribution is 2.12. The molecule has 1 aliphatic rings. The topological polar surface area (TPSA) is 47.0 Å². The lowest BCUT2D eigenvalue weighted by Gasteiger charge is -2.23. The van der Waals surface area contributed by atoms with Crippen molar-refractivity contribution in [1.29, 1.82) is 0 Å². The van der Waals surface area contributed by atoms with Gasteiger partial charge in [0.2, 0.25) is 11.2 Å². The lowest BCUT2D eigenvalue weighted by Crippen LogP contribution is -2.35. The standard InChI is InChI=1S/C11H16ClN3O/c12-11-14-7-4-10(15-11)16-8-5-9-3-1-2-6-13-9/h4,7,9,13H,1-3,5-6,8H2. The molecule has 1 unspecified atom stereocenters. The van der Waals surface area contributed by atoms with Crippen LogP contribution in [0.15, 0.2) is 12.3 Å². The molecular formula is C11H16ClN3O. The van der Waals surface area contributed by atoms with E-state index in [0.29, 0.717) is 18.5 Å². The first-order valence-electron chi connectivity index (χ1n) is 5.69.